The van der Waals surface area contributed by atoms with Crippen molar-refractivity contribution in [3.8, 4) is 10.6 Å². The van der Waals surface area contributed by atoms with E-state index in [0.29, 0.717) is 25.5 Å². The Balaban J connectivity index is 1.77. The molecule has 0 aliphatic rings. The fraction of sp³-hybridized carbons (Fsp3) is 0.333. The van der Waals surface area contributed by atoms with Crippen molar-refractivity contribution in [1.29, 1.82) is 0 Å². The van der Waals surface area contributed by atoms with Crippen molar-refractivity contribution in [2.75, 3.05) is 13.7 Å². The van der Waals surface area contributed by atoms with Crippen molar-refractivity contribution in [2.24, 2.45) is 0 Å². The van der Waals surface area contributed by atoms with Gasteiger partial charge in [0.15, 0.2) is 5.69 Å². The summed E-state index contributed by atoms with van der Waals surface area (Å²) in [6.07, 6.45) is 0. The van der Waals surface area contributed by atoms with Gasteiger partial charge in [-0.25, -0.2) is 14.5 Å². The van der Waals surface area contributed by atoms with Crippen LogP contribution in [-0.2, 0) is 22.6 Å². The number of aromatic nitrogens is 4. The average Bonchev–Trinajstić information content (AvgIpc) is 3.21. The third kappa shape index (κ3) is 3.97. The molecule has 0 aliphatic heterocycles. The minimum Gasteiger partial charge on any atom is -0.464 e. The largest absolute Gasteiger partial charge is 0.464 e. The van der Waals surface area contributed by atoms with Crippen molar-refractivity contribution in [1.82, 2.24) is 20.0 Å². The highest BCUT2D eigenvalue weighted by molar-refractivity contribution is 7.15. The Kier molecular flexibility index (Phi) is 5.75. The van der Waals surface area contributed by atoms with Crippen LogP contribution < -0.4 is 0 Å². The van der Waals surface area contributed by atoms with Crippen LogP contribution >= 0.6 is 11.3 Å². The highest BCUT2D eigenvalue weighted by Crippen LogP contribution is 2.31. The number of esters is 1. The summed E-state index contributed by atoms with van der Waals surface area (Å²) >= 11 is 1.50. The normalized spacial score (nSPS) is 10.9. The Labute approximate surface area is 155 Å². The molecule has 3 aromatic rings. The summed E-state index contributed by atoms with van der Waals surface area (Å²) in [4.78, 5) is 17.4. The molecule has 0 aliphatic carbocycles. The third-order valence-electron chi connectivity index (χ3n) is 3.79. The minimum absolute atomic E-state index is 0.197. The summed E-state index contributed by atoms with van der Waals surface area (Å²) in [6, 6.07) is 9.95. The van der Waals surface area contributed by atoms with E-state index < -0.39 is 5.97 Å². The van der Waals surface area contributed by atoms with E-state index in [-0.39, 0.29) is 5.69 Å². The number of carbonyl (C=O) groups is 1. The van der Waals surface area contributed by atoms with Crippen LogP contribution in [0, 0.1) is 13.8 Å². The highest BCUT2D eigenvalue weighted by atomic mass is 32.1. The van der Waals surface area contributed by atoms with Gasteiger partial charge in [-0.3, -0.25) is 0 Å². The summed E-state index contributed by atoms with van der Waals surface area (Å²) in [5, 5.41) is 9.05. The predicted molar refractivity (Wildman–Crippen MR) is 98.0 cm³/mol. The van der Waals surface area contributed by atoms with E-state index in [4.69, 9.17) is 9.47 Å². The molecule has 0 radical (unpaired) electrons. The van der Waals surface area contributed by atoms with Crippen LogP contribution in [0.2, 0.25) is 0 Å². The van der Waals surface area contributed by atoms with E-state index in [0.717, 1.165) is 21.1 Å². The first-order valence-corrected chi connectivity index (χ1v) is 8.99. The molecular formula is C18H20N4O3S. The smallest absolute Gasteiger partial charge is 0.360 e. The molecule has 2 aromatic heterocycles. The van der Waals surface area contributed by atoms with Gasteiger partial charge in [-0.05, 0) is 19.4 Å². The van der Waals surface area contributed by atoms with Crippen LogP contribution in [0.15, 0.2) is 30.3 Å². The van der Waals surface area contributed by atoms with Gasteiger partial charge in [-0.15, -0.1) is 16.4 Å². The topological polar surface area (TPSA) is 79.1 Å². The second-order valence-electron chi connectivity index (χ2n) is 5.69. The molecule has 0 spiro atoms. The maximum Gasteiger partial charge on any atom is 0.360 e. The molecule has 0 saturated carbocycles. The second kappa shape index (κ2) is 8.20. The van der Waals surface area contributed by atoms with Crippen LogP contribution in [0.4, 0.5) is 0 Å². The van der Waals surface area contributed by atoms with Crippen LogP contribution in [-0.4, -0.2) is 39.7 Å². The molecule has 0 atom stereocenters. The van der Waals surface area contributed by atoms with Crippen molar-refractivity contribution in [3.63, 3.8) is 0 Å². The molecule has 0 fully saturated rings. The fourth-order valence-electron chi connectivity index (χ4n) is 2.59. The van der Waals surface area contributed by atoms with E-state index in [1.807, 2.05) is 44.2 Å². The SMILES string of the molecule is COC(=O)c1nnn(CCOCc2ccccc2)c1-c1sc(C)nc1C. The van der Waals surface area contributed by atoms with E-state index in [1.165, 1.54) is 18.4 Å². The van der Waals surface area contributed by atoms with Crippen LogP contribution in [0.25, 0.3) is 10.6 Å². The van der Waals surface area contributed by atoms with Crippen LogP contribution in [0.5, 0.6) is 0 Å². The molecule has 8 heteroatoms. The average molecular weight is 372 g/mol. The van der Waals surface area contributed by atoms with Gasteiger partial charge >= 0.3 is 5.97 Å². The van der Waals surface area contributed by atoms with E-state index >= 15 is 0 Å². The maximum atomic E-state index is 12.1. The first kappa shape index (κ1) is 18.2. The molecule has 26 heavy (non-hydrogen) atoms. The number of rotatable bonds is 7. The van der Waals surface area contributed by atoms with Gasteiger partial charge in [-0.1, -0.05) is 35.5 Å². The summed E-state index contributed by atoms with van der Waals surface area (Å²) in [6.45, 7) is 5.28. The molecule has 0 bridgehead atoms. The number of hydrogen-bond acceptors (Lipinski definition) is 7. The number of hydrogen-bond donors (Lipinski definition) is 0. The first-order chi connectivity index (χ1) is 12.6. The first-order valence-electron chi connectivity index (χ1n) is 8.18. The van der Waals surface area contributed by atoms with Crippen molar-refractivity contribution in [3.05, 3.63) is 52.3 Å². The molecule has 136 valence electrons. The number of ether oxygens (including phenoxy) is 2. The third-order valence-corrected chi connectivity index (χ3v) is 4.87. The summed E-state index contributed by atoms with van der Waals surface area (Å²) < 4.78 is 12.2. The van der Waals surface area contributed by atoms with Crippen LogP contribution in [0.1, 0.15) is 26.8 Å². The zero-order chi connectivity index (χ0) is 18.5. The lowest BCUT2D eigenvalue weighted by atomic mass is 10.2. The lowest BCUT2D eigenvalue weighted by Gasteiger charge is -2.08. The monoisotopic (exact) mass is 372 g/mol. The number of aryl methyl sites for hydroxylation is 2. The highest BCUT2D eigenvalue weighted by Gasteiger charge is 2.25. The zero-order valence-electron chi connectivity index (χ0n) is 14.9. The maximum absolute atomic E-state index is 12.1. The van der Waals surface area contributed by atoms with Crippen LogP contribution in [0.3, 0.4) is 0 Å². The molecule has 0 amide bonds. The molecule has 3 rings (SSSR count). The molecule has 2 heterocycles. The predicted octanol–water partition coefficient (Wildman–Crippen LogP) is 3.02. The lowest BCUT2D eigenvalue weighted by Crippen LogP contribution is -2.10. The lowest BCUT2D eigenvalue weighted by molar-refractivity contribution is 0.0595. The Morgan fingerprint density at radius 1 is 1.23 bits per heavy atom. The number of nitrogens with zero attached hydrogens (tertiary/aromatic N) is 4. The van der Waals surface area contributed by atoms with Crippen molar-refractivity contribution < 1.29 is 14.3 Å². The van der Waals surface area contributed by atoms with Gasteiger partial charge in [0.2, 0.25) is 0 Å². The Bertz CT molecular complexity index is 889. The van der Waals surface area contributed by atoms with Gasteiger partial charge in [0.25, 0.3) is 0 Å². The molecule has 1 aromatic carbocycles. The molecule has 7 nitrogen and oxygen atoms in total. The fourth-order valence-corrected chi connectivity index (χ4v) is 3.56. The summed E-state index contributed by atoms with van der Waals surface area (Å²) in [5.74, 6) is -0.512. The van der Waals surface area contributed by atoms with Gasteiger partial charge < -0.3 is 9.47 Å². The standard InChI is InChI=1S/C18H20N4O3S/c1-12-17(26-13(2)19-12)16-15(18(23)24-3)20-21-22(16)9-10-25-11-14-7-5-4-6-8-14/h4-8H,9-11H2,1-3H3. The molecule has 0 saturated heterocycles. The number of thiazole rings is 1. The van der Waals surface area contributed by atoms with E-state index in [9.17, 15) is 4.79 Å². The Morgan fingerprint density at radius 2 is 2.00 bits per heavy atom. The van der Waals surface area contributed by atoms with Gasteiger partial charge in [0.1, 0.15) is 5.69 Å². The Morgan fingerprint density at radius 3 is 2.65 bits per heavy atom. The van der Waals surface area contributed by atoms with E-state index in [2.05, 4.69) is 15.3 Å². The van der Waals surface area contributed by atoms with Crippen molar-refractivity contribution in [2.45, 2.75) is 27.0 Å². The number of carbonyl (C=O) groups excluding carboxylic acids is 1. The second-order valence-corrected chi connectivity index (χ2v) is 6.89. The summed E-state index contributed by atoms with van der Waals surface area (Å²) in [5.41, 5.74) is 2.77. The summed E-state index contributed by atoms with van der Waals surface area (Å²) in [7, 11) is 1.33. The Hall–Kier alpha value is -2.58. The van der Waals surface area contributed by atoms with E-state index in [1.54, 1.807) is 4.68 Å². The number of benzene rings is 1. The van der Waals surface area contributed by atoms with Gasteiger partial charge in [0.05, 0.1) is 42.4 Å². The quantitative estimate of drug-likeness (QED) is 0.468. The zero-order valence-corrected chi connectivity index (χ0v) is 15.7. The van der Waals surface area contributed by atoms with Gasteiger partial charge in [0, 0.05) is 0 Å². The molecular weight excluding hydrogens is 352 g/mol. The van der Waals surface area contributed by atoms with Gasteiger partial charge in [-0.2, -0.15) is 0 Å². The molecule has 0 unspecified atom stereocenters. The number of methoxy groups -OCH3 is 1. The van der Waals surface area contributed by atoms with Crippen molar-refractivity contribution >= 4 is 17.3 Å². The minimum atomic E-state index is -0.512. The molecule has 0 N–H and O–H groups in total.